The van der Waals surface area contributed by atoms with Gasteiger partial charge >= 0.3 is 0 Å². The fourth-order valence-electron chi connectivity index (χ4n) is 2.07. The van der Waals surface area contributed by atoms with E-state index in [1.807, 2.05) is 31.2 Å². The molecule has 3 nitrogen and oxygen atoms in total. The van der Waals surface area contributed by atoms with E-state index >= 15 is 0 Å². The molecule has 20 heavy (non-hydrogen) atoms. The van der Waals surface area contributed by atoms with Crippen molar-refractivity contribution in [1.29, 1.82) is 0 Å². The number of hydrogen-bond acceptors (Lipinski definition) is 3. The number of aromatic nitrogens is 1. The number of pyridine rings is 1. The van der Waals surface area contributed by atoms with Gasteiger partial charge in [-0.05, 0) is 42.2 Å². The number of benzene rings is 1. The van der Waals surface area contributed by atoms with Crippen LogP contribution >= 0.6 is 15.9 Å². The molecule has 106 valence electrons. The number of sulfone groups is 1. The molecule has 1 atom stereocenters. The zero-order chi connectivity index (χ0) is 14.6. The minimum atomic E-state index is -3.35. The Balaban J connectivity index is 2.24. The lowest BCUT2D eigenvalue weighted by Crippen LogP contribution is -2.15. The highest BCUT2D eigenvalue weighted by atomic mass is 79.9. The van der Waals surface area contributed by atoms with E-state index in [1.54, 1.807) is 18.2 Å². The van der Waals surface area contributed by atoms with Crippen LogP contribution in [-0.2, 0) is 9.84 Å². The van der Waals surface area contributed by atoms with Crippen LogP contribution in [0.4, 0.5) is 0 Å². The van der Waals surface area contributed by atoms with Gasteiger partial charge in [0.15, 0.2) is 14.9 Å². The van der Waals surface area contributed by atoms with Gasteiger partial charge in [0.25, 0.3) is 0 Å². The van der Waals surface area contributed by atoms with E-state index in [-0.39, 0.29) is 16.7 Å². The van der Waals surface area contributed by atoms with Crippen LogP contribution < -0.4 is 0 Å². The molecule has 0 bridgehead atoms. The summed E-state index contributed by atoms with van der Waals surface area (Å²) < 4.78 is 25.7. The zero-order valence-corrected chi connectivity index (χ0v) is 13.6. The third-order valence-corrected chi connectivity index (χ3v) is 5.46. The first-order valence-electron chi connectivity index (χ1n) is 6.42. The van der Waals surface area contributed by atoms with Crippen molar-refractivity contribution >= 4 is 25.8 Å². The van der Waals surface area contributed by atoms with Crippen LogP contribution in [0.15, 0.2) is 58.2 Å². The van der Waals surface area contributed by atoms with E-state index in [0.29, 0.717) is 0 Å². The lowest BCUT2D eigenvalue weighted by molar-refractivity contribution is 0.581. The Bertz CT molecular complexity index is 654. The van der Waals surface area contributed by atoms with Crippen molar-refractivity contribution in [3.63, 3.8) is 0 Å². The molecule has 0 aliphatic carbocycles. The highest BCUT2D eigenvalue weighted by Gasteiger charge is 2.22. The van der Waals surface area contributed by atoms with Crippen LogP contribution in [0.3, 0.4) is 0 Å². The summed E-state index contributed by atoms with van der Waals surface area (Å²) in [6, 6.07) is 12.8. The normalized spacial score (nSPS) is 13.1. The fourth-order valence-corrected chi connectivity index (χ4v) is 3.97. The predicted octanol–water partition coefficient (Wildman–Crippen LogP) is 3.81. The third kappa shape index (κ3) is 3.67. The molecule has 0 saturated heterocycles. The van der Waals surface area contributed by atoms with Gasteiger partial charge in [-0.2, -0.15) is 0 Å². The summed E-state index contributed by atoms with van der Waals surface area (Å²) in [5.41, 5.74) is 1.04. The van der Waals surface area contributed by atoms with Crippen LogP contribution in [0.5, 0.6) is 0 Å². The van der Waals surface area contributed by atoms with Gasteiger partial charge < -0.3 is 0 Å². The Morgan fingerprint density at radius 2 is 1.85 bits per heavy atom. The summed E-state index contributed by atoms with van der Waals surface area (Å²) in [6.45, 7) is 2.00. The zero-order valence-electron chi connectivity index (χ0n) is 11.2. The first kappa shape index (κ1) is 15.2. The van der Waals surface area contributed by atoms with Crippen LogP contribution in [0.25, 0.3) is 0 Å². The average molecular weight is 354 g/mol. The molecule has 0 saturated carbocycles. The number of rotatable bonds is 5. The SMILES string of the molecule is CCC(CS(=O)(=O)c1ccccn1)c1ccc(Br)cc1. The molecule has 0 fully saturated rings. The van der Waals surface area contributed by atoms with Crippen molar-refractivity contribution in [3.05, 3.63) is 58.7 Å². The van der Waals surface area contributed by atoms with Crippen LogP contribution in [0.1, 0.15) is 24.8 Å². The molecule has 0 amide bonds. The van der Waals surface area contributed by atoms with E-state index in [1.165, 1.54) is 6.20 Å². The molecule has 1 aromatic carbocycles. The summed E-state index contributed by atoms with van der Waals surface area (Å²) in [5.74, 6) is 0.0670. The van der Waals surface area contributed by atoms with Crippen molar-refractivity contribution in [2.45, 2.75) is 24.3 Å². The fraction of sp³-hybridized carbons (Fsp3) is 0.267. The molecule has 5 heteroatoms. The Kier molecular flexibility index (Phi) is 4.94. The van der Waals surface area contributed by atoms with Gasteiger partial charge in [-0.3, -0.25) is 0 Å². The van der Waals surface area contributed by atoms with Gasteiger partial charge in [-0.1, -0.05) is 41.1 Å². The largest absolute Gasteiger partial charge is 0.245 e. The van der Waals surface area contributed by atoms with Crippen LogP contribution in [0.2, 0.25) is 0 Å². The molecule has 0 aliphatic rings. The van der Waals surface area contributed by atoms with Crippen molar-refractivity contribution in [1.82, 2.24) is 4.98 Å². The monoisotopic (exact) mass is 353 g/mol. The molecule has 2 aromatic rings. The second-order valence-electron chi connectivity index (χ2n) is 4.61. The van der Waals surface area contributed by atoms with E-state index < -0.39 is 9.84 Å². The lowest BCUT2D eigenvalue weighted by Gasteiger charge is -2.15. The number of hydrogen-bond donors (Lipinski definition) is 0. The molecule has 2 rings (SSSR count). The molecular formula is C15H16BrNO2S. The minimum absolute atomic E-state index is 0.0184. The molecule has 1 aromatic heterocycles. The third-order valence-electron chi connectivity index (χ3n) is 3.21. The first-order valence-corrected chi connectivity index (χ1v) is 8.86. The highest BCUT2D eigenvalue weighted by molar-refractivity contribution is 9.10. The second-order valence-corrected chi connectivity index (χ2v) is 7.50. The molecular weight excluding hydrogens is 338 g/mol. The van der Waals surface area contributed by atoms with Crippen molar-refractivity contribution in [2.24, 2.45) is 0 Å². The second kappa shape index (κ2) is 6.50. The van der Waals surface area contributed by atoms with Gasteiger partial charge in [0.2, 0.25) is 0 Å². The smallest absolute Gasteiger partial charge is 0.196 e. The van der Waals surface area contributed by atoms with Crippen molar-refractivity contribution in [3.8, 4) is 0 Å². The predicted molar refractivity (Wildman–Crippen MR) is 83.5 cm³/mol. The van der Waals surface area contributed by atoms with Crippen LogP contribution in [0, 0.1) is 0 Å². The minimum Gasteiger partial charge on any atom is -0.245 e. The average Bonchev–Trinajstić information content (AvgIpc) is 2.47. The maximum absolute atomic E-state index is 12.4. The van der Waals surface area contributed by atoms with Crippen molar-refractivity contribution < 1.29 is 8.42 Å². The van der Waals surface area contributed by atoms with Gasteiger partial charge in [0.05, 0.1) is 5.75 Å². The molecule has 0 spiro atoms. The Morgan fingerprint density at radius 3 is 2.40 bits per heavy atom. The van der Waals surface area contributed by atoms with E-state index in [4.69, 9.17) is 0 Å². The molecule has 0 aliphatic heterocycles. The highest BCUT2D eigenvalue weighted by Crippen LogP contribution is 2.25. The Labute approximate surface area is 128 Å². The maximum atomic E-state index is 12.4. The summed E-state index contributed by atoms with van der Waals surface area (Å²) in [4.78, 5) is 3.95. The van der Waals surface area contributed by atoms with Gasteiger partial charge in [0.1, 0.15) is 0 Å². The van der Waals surface area contributed by atoms with E-state index in [0.717, 1.165) is 16.5 Å². The summed E-state index contributed by atoms with van der Waals surface area (Å²) >= 11 is 3.39. The Hall–Kier alpha value is -1.20. The lowest BCUT2D eigenvalue weighted by atomic mass is 9.99. The topological polar surface area (TPSA) is 47.0 Å². The summed E-state index contributed by atoms with van der Waals surface area (Å²) in [7, 11) is -3.35. The maximum Gasteiger partial charge on any atom is 0.196 e. The summed E-state index contributed by atoms with van der Waals surface area (Å²) in [5, 5.41) is 0.149. The standard InChI is InChI=1S/C15H16BrNO2S/c1-2-12(13-6-8-14(16)9-7-13)11-20(18,19)15-5-3-4-10-17-15/h3-10,12H,2,11H2,1H3. The van der Waals surface area contributed by atoms with Gasteiger partial charge in [0, 0.05) is 10.7 Å². The Morgan fingerprint density at radius 1 is 1.15 bits per heavy atom. The van der Waals surface area contributed by atoms with Crippen LogP contribution in [-0.4, -0.2) is 19.2 Å². The quantitative estimate of drug-likeness (QED) is 0.820. The molecule has 1 unspecified atom stereocenters. The molecule has 1 heterocycles. The van der Waals surface area contributed by atoms with Gasteiger partial charge in [-0.25, -0.2) is 13.4 Å². The molecule has 0 radical (unpaired) electrons. The van der Waals surface area contributed by atoms with E-state index in [9.17, 15) is 8.42 Å². The number of nitrogens with zero attached hydrogens (tertiary/aromatic N) is 1. The summed E-state index contributed by atoms with van der Waals surface area (Å²) in [6.07, 6.45) is 2.28. The molecule has 0 N–H and O–H groups in total. The first-order chi connectivity index (χ1) is 9.53. The van der Waals surface area contributed by atoms with Crippen molar-refractivity contribution in [2.75, 3.05) is 5.75 Å². The van der Waals surface area contributed by atoms with E-state index in [2.05, 4.69) is 20.9 Å². The van der Waals surface area contributed by atoms with Gasteiger partial charge in [-0.15, -0.1) is 0 Å². The number of halogens is 1.